The monoisotopic (exact) mass is 667 g/mol. The molecule has 2 heterocycles. The molecular weight excluding hydrogens is 636 g/mol. The number of hydrogen-bond donors (Lipinski definition) is 4. The quantitative estimate of drug-likeness (QED) is 0.106. The zero-order chi connectivity index (χ0) is 31.5. The SMILES string of the molecule is Nc1cc2c(c3ccccc13)[C@H](CCl)CN2C(O)C12CC(C(=O)N3C[C@@H](CCl)c4c3cc(OP(=O)(O)O)c3ccccc43)(C1)C2. The van der Waals surface area contributed by atoms with Crippen molar-refractivity contribution >= 4 is 75.5 Å². The Labute approximate surface area is 269 Å². The van der Waals surface area contributed by atoms with Crippen LogP contribution in [0.4, 0.5) is 17.1 Å². The van der Waals surface area contributed by atoms with Gasteiger partial charge in [0.2, 0.25) is 5.91 Å². The fourth-order valence-electron chi connectivity index (χ4n) is 8.78. The molecule has 3 aliphatic carbocycles. The normalized spacial score (nSPS) is 27.2. The summed E-state index contributed by atoms with van der Waals surface area (Å²) in [6, 6.07) is 18.7. The Kier molecular flexibility index (Phi) is 6.51. The first-order valence-corrected chi connectivity index (χ1v) is 17.6. The Morgan fingerprint density at radius 2 is 1.47 bits per heavy atom. The number of phosphoric ester groups is 1. The van der Waals surface area contributed by atoms with E-state index in [4.69, 9.17) is 33.5 Å². The number of aliphatic hydroxyl groups excluding tert-OH is 1. The molecule has 4 aromatic carbocycles. The van der Waals surface area contributed by atoms with Crippen LogP contribution in [0.15, 0.2) is 60.7 Å². The van der Waals surface area contributed by atoms with Crippen molar-refractivity contribution in [2.24, 2.45) is 10.8 Å². The largest absolute Gasteiger partial charge is 0.524 e. The van der Waals surface area contributed by atoms with E-state index in [9.17, 15) is 24.3 Å². The third-order valence-corrected chi connectivity index (χ3v) is 11.7. The van der Waals surface area contributed by atoms with Gasteiger partial charge >= 0.3 is 7.82 Å². The van der Waals surface area contributed by atoms with Gasteiger partial charge in [-0.15, -0.1) is 23.2 Å². The number of nitrogens with two attached hydrogens (primary N) is 1. The van der Waals surface area contributed by atoms with Crippen molar-refractivity contribution in [1.29, 1.82) is 0 Å². The molecule has 45 heavy (non-hydrogen) atoms. The maximum Gasteiger partial charge on any atom is 0.524 e. The van der Waals surface area contributed by atoms with Gasteiger partial charge in [-0.25, -0.2) is 4.57 Å². The number of benzene rings is 4. The zero-order valence-electron chi connectivity index (χ0n) is 24.2. The topological polar surface area (TPSA) is 137 Å². The van der Waals surface area contributed by atoms with Crippen molar-refractivity contribution in [1.82, 2.24) is 0 Å². The van der Waals surface area contributed by atoms with Crippen LogP contribution in [-0.4, -0.2) is 51.9 Å². The maximum absolute atomic E-state index is 14.3. The van der Waals surface area contributed by atoms with Gasteiger partial charge in [-0.05, 0) is 47.2 Å². The Bertz CT molecular complexity index is 1950. The summed E-state index contributed by atoms with van der Waals surface area (Å²) in [7, 11) is -4.86. The number of halogens is 2. The molecule has 0 aromatic heterocycles. The number of hydrogen-bond acceptors (Lipinski definition) is 6. The van der Waals surface area contributed by atoms with Crippen LogP contribution < -0.4 is 20.1 Å². The number of nitrogens with zero attached hydrogens (tertiary/aromatic N) is 2. The number of alkyl halides is 2. The number of amides is 1. The lowest BCUT2D eigenvalue weighted by atomic mass is 9.34. The van der Waals surface area contributed by atoms with Gasteiger partial charge in [-0.2, -0.15) is 0 Å². The van der Waals surface area contributed by atoms with Crippen molar-refractivity contribution < 1.29 is 28.8 Å². The highest BCUT2D eigenvalue weighted by atomic mass is 35.5. The highest BCUT2D eigenvalue weighted by Crippen LogP contribution is 2.76. The molecule has 0 saturated heterocycles. The minimum Gasteiger partial charge on any atom is -0.404 e. The van der Waals surface area contributed by atoms with Crippen molar-refractivity contribution in [3.63, 3.8) is 0 Å². The van der Waals surface area contributed by atoms with E-state index in [0.717, 1.165) is 33.0 Å². The summed E-state index contributed by atoms with van der Waals surface area (Å²) in [5.74, 6) is 0.543. The number of carbonyl (C=O) groups excluding carboxylic acids is 1. The van der Waals surface area contributed by atoms with Crippen LogP contribution in [0.3, 0.4) is 0 Å². The predicted molar refractivity (Wildman–Crippen MR) is 176 cm³/mol. The maximum atomic E-state index is 14.3. The molecule has 234 valence electrons. The highest BCUT2D eigenvalue weighted by Gasteiger charge is 2.75. The Morgan fingerprint density at radius 1 is 0.911 bits per heavy atom. The van der Waals surface area contributed by atoms with E-state index in [2.05, 4.69) is 6.07 Å². The van der Waals surface area contributed by atoms with Gasteiger partial charge in [0.1, 0.15) is 12.0 Å². The second-order valence-corrected chi connectivity index (χ2v) is 15.0. The Hall–Kier alpha value is -3.04. The van der Waals surface area contributed by atoms with Crippen LogP contribution in [0, 0.1) is 10.8 Å². The van der Waals surface area contributed by atoms with E-state index in [1.165, 1.54) is 0 Å². The Morgan fingerprint density at radius 3 is 2.09 bits per heavy atom. The predicted octanol–water partition coefficient (Wildman–Crippen LogP) is 6.05. The molecule has 9 rings (SSSR count). The summed E-state index contributed by atoms with van der Waals surface area (Å²) >= 11 is 12.9. The molecule has 3 fully saturated rings. The van der Waals surface area contributed by atoms with Gasteiger partial charge < -0.3 is 25.2 Å². The number of anilines is 3. The van der Waals surface area contributed by atoms with E-state index < -0.39 is 24.9 Å². The van der Waals surface area contributed by atoms with E-state index >= 15 is 0 Å². The van der Waals surface area contributed by atoms with Crippen LogP contribution in [0.5, 0.6) is 5.75 Å². The van der Waals surface area contributed by atoms with Crippen LogP contribution in [0.25, 0.3) is 21.5 Å². The average molecular weight is 669 g/mol. The molecule has 9 nitrogen and oxygen atoms in total. The molecule has 3 atom stereocenters. The first-order chi connectivity index (χ1) is 21.5. The van der Waals surface area contributed by atoms with Gasteiger partial charge in [0.25, 0.3) is 0 Å². The molecule has 5 aliphatic rings. The fourth-order valence-corrected chi connectivity index (χ4v) is 9.69. The standard InChI is InChI=1S/C33H32Cl2N3O6P/c34-11-18-13-37(25-9-24(36)20-5-1-3-7-22(20)28(18)25)30(39)32-15-33(16-32,17-32)31(40)38-14-19(12-35)29-23-8-4-2-6-21(23)27(10-26(29)38)44-45(41,42)43/h1-10,18-19,30,39H,11-17,36H2,(H2,41,42,43)/t18-,19-,30?,32?,33?/m1/s1. The van der Waals surface area contributed by atoms with Crippen LogP contribution in [0.1, 0.15) is 42.2 Å². The lowest BCUT2D eigenvalue weighted by Crippen LogP contribution is -2.74. The minimum atomic E-state index is -4.86. The molecule has 0 spiro atoms. The molecule has 2 bridgehead atoms. The molecule has 2 aliphatic heterocycles. The lowest BCUT2D eigenvalue weighted by molar-refractivity contribution is -0.243. The van der Waals surface area contributed by atoms with Crippen molar-refractivity contribution in [2.75, 3.05) is 40.4 Å². The van der Waals surface area contributed by atoms with E-state index in [1.807, 2.05) is 41.3 Å². The van der Waals surface area contributed by atoms with Crippen LogP contribution in [0.2, 0.25) is 0 Å². The summed E-state index contributed by atoms with van der Waals surface area (Å²) in [4.78, 5) is 37.2. The van der Waals surface area contributed by atoms with E-state index in [0.29, 0.717) is 55.0 Å². The zero-order valence-corrected chi connectivity index (χ0v) is 26.6. The van der Waals surface area contributed by atoms with Crippen LogP contribution >= 0.6 is 31.0 Å². The first kappa shape index (κ1) is 29.4. The number of carbonyl (C=O) groups is 1. The van der Waals surface area contributed by atoms with E-state index in [1.54, 1.807) is 23.1 Å². The summed E-state index contributed by atoms with van der Waals surface area (Å²) < 4.78 is 16.9. The van der Waals surface area contributed by atoms with Crippen LogP contribution in [-0.2, 0) is 9.36 Å². The first-order valence-electron chi connectivity index (χ1n) is 15.0. The molecule has 4 aromatic rings. The van der Waals surface area contributed by atoms with Crippen molar-refractivity contribution in [3.8, 4) is 5.75 Å². The summed E-state index contributed by atoms with van der Waals surface area (Å²) in [5.41, 5.74) is 9.51. The third kappa shape index (κ3) is 4.18. The Balaban J connectivity index is 1.09. The minimum absolute atomic E-state index is 0.0172. The number of aliphatic hydroxyl groups is 1. The number of fused-ring (bicyclic) bond motifs is 6. The second-order valence-electron chi connectivity index (χ2n) is 13.2. The molecule has 5 N–H and O–H groups in total. The summed E-state index contributed by atoms with van der Waals surface area (Å²) in [5, 5.41) is 15.2. The molecule has 1 unspecified atom stereocenters. The fraction of sp³-hybridized carbons (Fsp3) is 0.364. The summed E-state index contributed by atoms with van der Waals surface area (Å²) in [6.07, 6.45) is 0.819. The molecule has 3 saturated carbocycles. The molecule has 1 amide bonds. The van der Waals surface area contributed by atoms with Gasteiger partial charge in [-0.3, -0.25) is 14.6 Å². The number of nitrogen functional groups attached to an aromatic ring is 1. The van der Waals surface area contributed by atoms with Gasteiger partial charge in [0.15, 0.2) is 0 Å². The van der Waals surface area contributed by atoms with Gasteiger partial charge in [0.05, 0.1) is 11.1 Å². The van der Waals surface area contributed by atoms with Gasteiger partial charge in [-0.1, -0.05) is 48.5 Å². The van der Waals surface area contributed by atoms with Crippen molar-refractivity contribution in [3.05, 3.63) is 71.8 Å². The molecule has 0 radical (unpaired) electrons. The number of phosphoric acid groups is 1. The average Bonchev–Trinajstić information content (AvgIpc) is 3.53. The molecular formula is C33H32Cl2N3O6P. The highest BCUT2D eigenvalue weighted by molar-refractivity contribution is 7.46. The smallest absolute Gasteiger partial charge is 0.404 e. The molecule has 12 heteroatoms. The third-order valence-electron chi connectivity index (χ3n) is 10.6. The van der Waals surface area contributed by atoms with E-state index in [-0.39, 0.29) is 29.4 Å². The summed E-state index contributed by atoms with van der Waals surface area (Å²) in [6.45, 7) is 0.935. The second kappa shape index (κ2) is 9.98. The van der Waals surface area contributed by atoms with Crippen molar-refractivity contribution in [2.45, 2.75) is 37.3 Å². The number of rotatable bonds is 7. The lowest BCUT2D eigenvalue weighted by Gasteiger charge is -2.72. The van der Waals surface area contributed by atoms with Gasteiger partial charge in [0, 0.05) is 70.3 Å².